The van der Waals surface area contributed by atoms with Gasteiger partial charge in [0, 0.05) is 10.6 Å². The van der Waals surface area contributed by atoms with Crippen LogP contribution in [-0.2, 0) is 4.79 Å². The molecule has 0 radical (unpaired) electrons. The molecule has 1 amide bonds. The van der Waals surface area contributed by atoms with Crippen molar-refractivity contribution in [3.63, 3.8) is 0 Å². The van der Waals surface area contributed by atoms with Crippen molar-refractivity contribution in [2.45, 2.75) is 26.9 Å². The first kappa shape index (κ1) is 18.4. The Balaban J connectivity index is 1.65. The first-order valence-electron chi connectivity index (χ1n) is 8.06. The molecule has 0 saturated carbocycles. The van der Waals surface area contributed by atoms with Crippen LogP contribution in [0, 0.1) is 13.8 Å². The van der Waals surface area contributed by atoms with E-state index >= 15 is 0 Å². The Morgan fingerprint density at radius 1 is 1.12 bits per heavy atom. The van der Waals surface area contributed by atoms with Crippen LogP contribution in [0.15, 0.2) is 42.5 Å². The van der Waals surface area contributed by atoms with Gasteiger partial charge in [-0.3, -0.25) is 10.1 Å². The first-order valence-corrected chi connectivity index (χ1v) is 9.25. The normalized spacial score (nSPS) is 11.8. The summed E-state index contributed by atoms with van der Waals surface area (Å²) in [5.74, 6) is 0.396. The summed E-state index contributed by atoms with van der Waals surface area (Å²) in [6.45, 7) is 5.68. The van der Waals surface area contributed by atoms with Gasteiger partial charge in [0.15, 0.2) is 6.10 Å². The lowest BCUT2D eigenvalue weighted by Gasteiger charge is -2.14. The molecule has 1 aromatic heterocycles. The van der Waals surface area contributed by atoms with E-state index in [2.05, 4.69) is 21.6 Å². The summed E-state index contributed by atoms with van der Waals surface area (Å²) in [5.41, 5.74) is 3.07. The number of ether oxygens (including phenoxy) is 1. The van der Waals surface area contributed by atoms with Crippen LogP contribution in [0.25, 0.3) is 10.6 Å². The summed E-state index contributed by atoms with van der Waals surface area (Å²) in [6, 6.07) is 13.2. The number of carbonyl (C=O) groups is 1. The lowest BCUT2D eigenvalue weighted by molar-refractivity contribution is -0.122. The minimum absolute atomic E-state index is 0.275. The summed E-state index contributed by atoms with van der Waals surface area (Å²) in [6.07, 6.45) is -0.654. The van der Waals surface area contributed by atoms with Gasteiger partial charge in [-0.2, -0.15) is 0 Å². The number of aryl methyl sites for hydroxylation is 2. The predicted molar refractivity (Wildman–Crippen MR) is 105 cm³/mol. The van der Waals surface area contributed by atoms with Gasteiger partial charge in [-0.1, -0.05) is 41.1 Å². The van der Waals surface area contributed by atoms with Crippen molar-refractivity contribution >= 4 is 34.0 Å². The molecule has 0 spiro atoms. The van der Waals surface area contributed by atoms with Gasteiger partial charge in [0.2, 0.25) is 5.13 Å². The number of rotatable bonds is 5. The number of anilines is 1. The number of nitrogens with one attached hydrogen (secondary N) is 1. The largest absolute Gasteiger partial charge is 0.481 e. The van der Waals surface area contributed by atoms with Crippen LogP contribution in [0.2, 0.25) is 5.02 Å². The molecule has 0 fully saturated rings. The van der Waals surface area contributed by atoms with Gasteiger partial charge >= 0.3 is 0 Å². The van der Waals surface area contributed by atoms with Crippen LogP contribution in [-0.4, -0.2) is 22.2 Å². The molecule has 1 heterocycles. The summed E-state index contributed by atoms with van der Waals surface area (Å²) in [7, 11) is 0. The van der Waals surface area contributed by atoms with E-state index in [0.717, 1.165) is 16.7 Å². The van der Waals surface area contributed by atoms with E-state index in [1.54, 1.807) is 19.1 Å². The summed E-state index contributed by atoms with van der Waals surface area (Å²) in [5, 5.41) is 12.7. The summed E-state index contributed by atoms with van der Waals surface area (Å²) >= 11 is 7.19. The van der Waals surface area contributed by atoms with E-state index < -0.39 is 6.10 Å². The number of benzene rings is 2. The number of halogens is 1. The number of nitrogens with zero attached hydrogens (tertiary/aromatic N) is 2. The fraction of sp³-hybridized carbons (Fsp3) is 0.211. The maximum Gasteiger partial charge on any atom is 0.266 e. The standard InChI is InChI=1S/C19H18ClN3O2S/c1-11-8-12(2)10-16(9-11)25-13(3)17(24)21-19-23-22-18(26-19)14-4-6-15(20)7-5-14/h4-10,13H,1-3H3,(H,21,23,24)/t13-/m1/s1. The van der Waals surface area contributed by atoms with Crippen molar-refractivity contribution < 1.29 is 9.53 Å². The Morgan fingerprint density at radius 2 is 1.77 bits per heavy atom. The fourth-order valence-corrected chi connectivity index (χ4v) is 3.33. The van der Waals surface area contributed by atoms with Gasteiger partial charge in [0.05, 0.1) is 0 Å². The number of hydrogen-bond acceptors (Lipinski definition) is 5. The maximum absolute atomic E-state index is 12.4. The molecular weight excluding hydrogens is 370 g/mol. The zero-order valence-electron chi connectivity index (χ0n) is 14.6. The van der Waals surface area contributed by atoms with Crippen LogP contribution in [0.1, 0.15) is 18.1 Å². The molecule has 0 aliphatic carbocycles. The summed E-state index contributed by atoms with van der Waals surface area (Å²) < 4.78 is 5.74. The van der Waals surface area contributed by atoms with Crippen LogP contribution in [0.3, 0.4) is 0 Å². The van der Waals surface area contributed by atoms with Crippen molar-refractivity contribution in [2.75, 3.05) is 5.32 Å². The second kappa shape index (κ2) is 7.85. The highest BCUT2D eigenvalue weighted by Crippen LogP contribution is 2.27. The van der Waals surface area contributed by atoms with E-state index in [1.807, 2.05) is 38.1 Å². The average Bonchev–Trinajstić information content (AvgIpc) is 3.03. The second-order valence-corrected chi connectivity index (χ2v) is 7.41. The molecule has 0 bridgehead atoms. The molecule has 2 aromatic carbocycles. The van der Waals surface area contributed by atoms with Gasteiger partial charge in [-0.15, -0.1) is 10.2 Å². The molecule has 0 aliphatic rings. The molecule has 3 rings (SSSR count). The van der Waals surface area contributed by atoms with Gasteiger partial charge in [-0.05, 0) is 56.2 Å². The van der Waals surface area contributed by atoms with Crippen molar-refractivity contribution in [1.29, 1.82) is 0 Å². The Kier molecular flexibility index (Phi) is 5.54. The van der Waals surface area contributed by atoms with Crippen LogP contribution < -0.4 is 10.1 Å². The number of hydrogen-bond donors (Lipinski definition) is 1. The Hall–Kier alpha value is -2.44. The molecule has 0 saturated heterocycles. The highest BCUT2D eigenvalue weighted by molar-refractivity contribution is 7.18. The minimum atomic E-state index is -0.654. The summed E-state index contributed by atoms with van der Waals surface area (Å²) in [4.78, 5) is 12.4. The lowest BCUT2D eigenvalue weighted by Crippen LogP contribution is -2.30. The Morgan fingerprint density at radius 3 is 2.42 bits per heavy atom. The third-order valence-electron chi connectivity index (χ3n) is 3.62. The SMILES string of the molecule is Cc1cc(C)cc(O[C@H](C)C(=O)Nc2nnc(-c3ccc(Cl)cc3)s2)c1. The number of aromatic nitrogens is 2. The van der Waals surface area contributed by atoms with Crippen molar-refractivity contribution in [3.8, 4) is 16.3 Å². The molecule has 134 valence electrons. The smallest absolute Gasteiger partial charge is 0.266 e. The third kappa shape index (κ3) is 4.59. The number of carbonyl (C=O) groups excluding carboxylic acids is 1. The van der Waals surface area contributed by atoms with Crippen molar-refractivity contribution in [3.05, 3.63) is 58.6 Å². The van der Waals surface area contributed by atoms with E-state index in [9.17, 15) is 4.79 Å². The Labute approximate surface area is 161 Å². The first-order chi connectivity index (χ1) is 12.4. The Bertz CT molecular complexity index is 905. The molecule has 0 aliphatic heterocycles. The molecule has 5 nitrogen and oxygen atoms in total. The van der Waals surface area contributed by atoms with Crippen LogP contribution in [0.4, 0.5) is 5.13 Å². The maximum atomic E-state index is 12.4. The highest BCUT2D eigenvalue weighted by Gasteiger charge is 2.17. The zero-order chi connectivity index (χ0) is 18.7. The predicted octanol–water partition coefficient (Wildman–Crippen LogP) is 4.88. The lowest BCUT2D eigenvalue weighted by atomic mass is 10.1. The number of amides is 1. The molecule has 3 aromatic rings. The topological polar surface area (TPSA) is 64.1 Å². The molecule has 1 N–H and O–H groups in total. The second-order valence-electron chi connectivity index (χ2n) is 5.99. The molecular formula is C19H18ClN3O2S. The van der Waals surface area contributed by atoms with Crippen molar-refractivity contribution in [2.24, 2.45) is 0 Å². The van der Waals surface area contributed by atoms with Gasteiger partial charge in [0.1, 0.15) is 10.8 Å². The molecule has 1 atom stereocenters. The van der Waals surface area contributed by atoms with Gasteiger partial charge < -0.3 is 4.74 Å². The molecule has 7 heteroatoms. The minimum Gasteiger partial charge on any atom is -0.481 e. The van der Waals surface area contributed by atoms with Crippen molar-refractivity contribution in [1.82, 2.24) is 10.2 Å². The van der Waals surface area contributed by atoms with E-state index in [4.69, 9.17) is 16.3 Å². The monoisotopic (exact) mass is 387 g/mol. The van der Waals surface area contributed by atoms with E-state index in [-0.39, 0.29) is 5.91 Å². The molecule has 26 heavy (non-hydrogen) atoms. The van der Waals surface area contributed by atoms with Gasteiger partial charge in [0.25, 0.3) is 5.91 Å². The quantitative estimate of drug-likeness (QED) is 0.677. The molecule has 0 unspecified atom stereocenters. The van der Waals surface area contributed by atoms with Crippen LogP contribution in [0.5, 0.6) is 5.75 Å². The zero-order valence-corrected chi connectivity index (χ0v) is 16.2. The highest BCUT2D eigenvalue weighted by atomic mass is 35.5. The average molecular weight is 388 g/mol. The van der Waals surface area contributed by atoms with Crippen LogP contribution >= 0.6 is 22.9 Å². The van der Waals surface area contributed by atoms with E-state index in [1.165, 1.54) is 11.3 Å². The fourth-order valence-electron chi connectivity index (χ4n) is 2.45. The van der Waals surface area contributed by atoms with Gasteiger partial charge in [-0.25, -0.2) is 0 Å². The van der Waals surface area contributed by atoms with E-state index in [0.29, 0.717) is 20.9 Å². The third-order valence-corrected chi connectivity index (χ3v) is 4.76.